The molecule has 0 aliphatic heterocycles. The van der Waals surface area contributed by atoms with Crippen LogP contribution in [0.25, 0.3) is 11.1 Å². The van der Waals surface area contributed by atoms with Crippen LogP contribution >= 0.6 is 0 Å². The third-order valence-electron chi connectivity index (χ3n) is 6.77. The molecule has 0 aliphatic rings. The summed E-state index contributed by atoms with van der Waals surface area (Å²) in [5, 5.41) is 9.73. The quantitative estimate of drug-likeness (QED) is 0.148. The Morgan fingerprint density at radius 3 is 1.95 bits per heavy atom. The van der Waals surface area contributed by atoms with Gasteiger partial charge >= 0.3 is 6.18 Å². The van der Waals surface area contributed by atoms with Crippen LogP contribution in [0.3, 0.4) is 0 Å². The average molecular weight is 589 g/mol. The zero-order chi connectivity index (χ0) is 31.6. The molecule has 226 valence electrons. The first-order chi connectivity index (χ1) is 20.3. The maximum atomic E-state index is 13.1. The summed E-state index contributed by atoms with van der Waals surface area (Å²) in [5.74, 6) is 1.29. The highest BCUT2D eigenvalue weighted by molar-refractivity contribution is 5.64. The average Bonchev–Trinajstić information content (AvgIpc) is 2.96. The Morgan fingerprint density at radius 1 is 0.884 bits per heavy atom. The third-order valence-corrected chi connectivity index (χ3v) is 6.77. The molecule has 0 aliphatic carbocycles. The van der Waals surface area contributed by atoms with Crippen molar-refractivity contribution in [3.05, 3.63) is 138 Å². The van der Waals surface area contributed by atoms with Gasteiger partial charge in [-0.3, -0.25) is 0 Å². The number of aliphatic hydroxyl groups excluding tert-OH is 1. The van der Waals surface area contributed by atoms with E-state index in [0.29, 0.717) is 25.3 Å². The fourth-order valence-electron chi connectivity index (χ4n) is 4.13. The van der Waals surface area contributed by atoms with Gasteiger partial charge in [-0.1, -0.05) is 66.7 Å². The fraction of sp³-hybridized carbons (Fsp3) is 0.250. The number of anilines is 1. The molecule has 0 spiro atoms. The van der Waals surface area contributed by atoms with Crippen molar-refractivity contribution in [2.24, 2.45) is 0 Å². The topological polar surface area (TPSA) is 45.6 Å². The summed E-state index contributed by atoms with van der Waals surface area (Å²) in [4.78, 5) is 6.77. The first kappa shape index (κ1) is 33.0. The van der Waals surface area contributed by atoms with Crippen molar-refractivity contribution in [2.75, 3.05) is 11.4 Å². The summed E-state index contributed by atoms with van der Waals surface area (Å²) < 4.78 is 45.0. The van der Waals surface area contributed by atoms with E-state index in [0.717, 1.165) is 40.2 Å². The molecule has 0 bridgehead atoms. The predicted octanol–water partition coefficient (Wildman–Crippen LogP) is 9.75. The lowest BCUT2D eigenvalue weighted by Gasteiger charge is -2.26. The van der Waals surface area contributed by atoms with Crippen LogP contribution in [0.5, 0.6) is 5.75 Å². The highest BCUT2D eigenvalue weighted by Gasteiger charge is 2.30. The Hall–Kier alpha value is -4.52. The Kier molecular flexibility index (Phi) is 11.2. The first-order valence-corrected chi connectivity index (χ1v) is 14.0. The molecule has 1 aromatic heterocycles. The van der Waals surface area contributed by atoms with Crippen LogP contribution in [-0.4, -0.2) is 22.2 Å². The van der Waals surface area contributed by atoms with Gasteiger partial charge in [0.05, 0.1) is 5.56 Å². The van der Waals surface area contributed by atoms with E-state index in [1.165, 1.54) is 17.7 Å². The standard InChI is InChI=1S/C33H33F3N2O2.C3H6/c1-23-5-11-27(12-6-23)28-13-18-31(37-21-28)38(22-26-7-14-29(15-8-26)33(34,35)36)20-19-25-9-16-30(17-10-25)40-32(3,4)24(2)39;1-3-2/h5-18,21,39H,2,19-20,22H2,1,3-4H3;3H,1H2,2H3. The van der Waals surface area contributed by atoms with Gasteiger partial charge in [0.1, 0.15) is 17.3 Å². The molecule has 0 saturated carbocycles. The summed E-state index contributed by atoms with van der Waals surface area (Å²) in [5.41, 5.74) is 3.47. The van der Waals surface area contributed by atoms with E-state index in [9.17, 15) is 18.3 Å². The lowest BCUT2D eigenvalue weighted by atomic mass is 10.1. The molecule has 7 heteroatoms. The predicted molar refractivity (Wildman–Crippen MR) is 169 cm³/mol. The van der Waals surface area contributed by atoms with E-state index in [-0.39, 0.29) is 5.76 Å². The minimum absolute atomic E-state index is 0.0589. The van der Waals surface area contributed by atoms with Gasteiger partial charge in [-0.2, -0.15) is 13.2 Å². The van der Waals surface area contributed by atoms with Crippen molar-refractivity contribution in [1.82, 2.24) is 4.98 Å². The van der Waals surface area contributed by atoms with Gasteiger partial charge in [-0.15, -0.1) is 6.58 Å². The summed E-state index contributed by atoms with van der Waals surface area (Å²) in [6, 6.07) is 25.0. The van der Waals surface area contributed by atoms with Gasteiger partial charge in [0.25, 0.3) is 0 Å². The number of aliphatic hydroxyl groups is 1. The number of halogens is 3. The molecule has 1 heterocycles. The second-order valence-electron chi connectivity index (χ2n) is 10.7. The highest BCUT2D eigenvalue weighted by atomic mass is 19.4. The summed E-state index contributed by atoms with van der Waals surface area (Å²) in [7, 11) is 0. The lowest BCUT2D eigenvalue weighted by Crippen LogP contribution is -2.30. The molecule has 4 rings (SSSR count). The van der Waals surface area contributed by atoms with Crippen LogP contribution in [0.15, 0.2) is 116 Å². The largest absolute Gasteiger partial charge is 0.509 e. The van der Waals surface area contributed by atoms with Gasteiger partial charge in [-0.25, -0.2) is 4.98 Å². The van der Waals surface area contributed by atoms with Crippen LogP contribution in [0, 0.1) is 6.92 Å². The monoisotopic (exact) mass is 588 g/mol. The van der Waals surface area contributed by atoms with E-state index in [1.54, 1.807) is 19.9 Å². The van der Waals surface area contributed by atoms with Crippen molar-refractivity contribution >= 4 is 5.82 Å². The van der Waals surface area contributed by atoms with Crippen LogP contribution in [0.2, 0.25) is 0 Å². The molecule has 43 heavy (non-hydrogen) atoms. The van der Waals surface area contributed by atoms with Crippen molar-refractivity contribution in [3.63, 3.8) is 0 Å². The number of hydrogen-bond donors (Lipinski definition) is 1. The second kappa shape index (κ2) is 14.6. The first-order valence-electron chi connectivity index (χ1n) is 14.0. The van der Waals surface area contributed by atoms with Crippen molar-refractivity contribution in [2.45, 2.75) is 52.4 Å². The Balaban J connectivity index is 0.00000162. The van der Waals surface area contributed by atoms with Gasteiger partial charge in [0.15, 0.2) is 5.60 Å². The number of hydrogen-bond acceptors (Lipinski definition) is 4. The van der Waals surface area contributed by atoms with Crippen molar-refractivity contribution < 1.29 is 23.0 Å². The molecule has 3 aromatic carbocycles. The maximum Gasteiger partial charge on any atom is 0.416 e. The normalized spacial score (nSPS) is 11.2. The summed E-state index contributed by atoms with van der Waals surface area (Å²) in [6.07, 6.45) is -0.123. The number of ether oxygens (including phenoxy) is 1. The molecule has 4 nitrogen and oxygen atoms in total. The zero-order valence-electron chi connectivity index (χ0n) is 25.2. The summed E-state index contributed by atoms with van der Waals surface area (Å²) in [6.45, 7) is 15.3. The Morgan fingerprint density at radius 2 is 1.44 bits per heavy atom. The molecule has 0 radical (unpaired) electrons. The molecule has 0 fully saturated rings. The molecule has 1 N–H and O–H groups in total. The number of alkyl halides is 3. The highest BCUT2D eigenvalue weighted by Crippen LogP contribution is 2.30. The number of allylic oxidation sites excluding steroid dienone is 1. The van der Waals surface area contributed by atoms with Crippen LogP contribution < -0.4 is 9.64 Å². The van der Waals surface area contributed by atoms with Gasteiger partial charge in [-0.05, 0) is 87.2 Å². The number of pyridine rings is 1. The minimum Gasteiger partial charge on any atom is -0.509 e. The smallest absolute Gasteiger partial charge is 0.416 e. The van der Waals surface area contributed by atoms with E-state index in [1.807, 2.05) is 56.4 Å². The Bertz CT molecular complexity index is 1460. The minimum atomic E-state index is -4.37. The van der Waals surface area contributed by atoms with Crippen LogP contribution in [0.4, 0.5) is 19.0 Å². The zero-order valence-corrected chi connectivity index (χ0v) is 25.2. The van der Waals surface area contributed by atoms with Crippen molar-refractivity contribution in [1.29, 1.82) is 0 Å². The molecule has 0 unspecified atom stereocenters. The second-order valence-corrected chi connectivity index (χ2v) is 10.7. The fourth-order valence-corrected chi connectivity index (χ4v) is 4.13. The van der Waals surface area contributed by atoms with E-state index < -0.39 is 17.3 Å². The molecular formula is C36H39F3N2O2. The van der Waals surface area contributed by atoms with Crippen LogP contribution in [-0.2, 0) is 19.1 Å². The lowest BCUT2D eigenvalue weighted by molar-refractivity contribution is -0.137. The van der Waals surface area contributed by atoms with Gasteiger partial charge in [0.2, 0.25) is 0 Å². The molecule has 0 amide bonds. The van der Waals surface area contributed by atoms with E-state index in [2.05, 4.69) is 42.3 Å². The number of aryl methyl sites for hydroxylation is 1. The van der Waals surface area contributed by atoms with E-state index >= 15 is 0 Å². The molecular weight excluding hydrogens is 549 g/mol. The SMILES string of the molecule is C=C(O)C(C)(C)Oc1ccc(CCN(Cc2ccc(C(F)(F)F)cc2)c2ccc(-c3ccc(C)cc3)cn2)cc1.C=CC. The van der Waals surface area contributed by atoms with Gasteiger partial charge < -0.3 is 14.7 Å². The van der Waals surface area contributed by atoms with Crippen molar-refractivity contribution in [3.8, 4) is 16.9 Å². The van der Waals surface area contributed by atoms with Gasteiger partial charge in [0, 0.05) is 24.8 Å². The summed E-state index contributed by atoms with van der Waals surface area (Å²) >= 11 is 0. The number of nitrogens with zero attached hydrogens (tertiary/aromatic N) is 2. The molecule has 0 atom stereocenters. The number of rotatable bonds is 10. The molecule has 0 saturated heterocycles. The molecule has 4 aromatic rings. The number of benzene rings is 3. The maximum absolute atomic E-state index is 13.1. The van der Waals surface area contributed by atoms with E-state index in [4.69, 9.17) is 9.72 Å². The third kappa shape index (κ3) is 9.77. The number of aromatic nitrogens is 1. The van der Waals surface area contributed by atoms with Crippen LogP contribution in [0.1, 0.15) is 43.0 Å². The Labute approximate surface area is 252 Å².